The average Bonchev–Trinajstić information content (AvgIpc) is 3.20. The van der Waals surface area contributed by atoms with Crippen molar-refractivity contribution in [2.45, 2.75) is 25.8 Å². The van der Waals surface area contributed by atoms with E-state index in [1.807, 2.05) is 19.2 Å². The van der Waals surface area contributed by atoms with Crippen molar-refractivity contribution in [2.24, 2.45) is 0 Å². The molecule has 0 bridgehead atoms. The molecule has 1 N–H and O–H groups in total. The van der Waals surface area contributed by atoms with Crippen molar-refractivity contribution >= 4 is 23.1 Å². The molecule has 5 nitrogen and oxygen atoms in total. The number of carbonyl (C=O) groups excluding carboxylic acids is 1. The van der Waals surface area contributed by atoms with E-state index in [0.29, 0.717) is 15.4 Å². The molecule has 1 amide bonds. The van der Waals surface area contributed by atoms with Crippen LogP contribution in [-0.4, -0.2) is 35.0 Å². The number of nitrogens with zero attached hydrogens (tertiary/aromatic N) is 3. The lowest BCUT2D eigenvalue weighted by molar-refractivity contribution is 0.0935. The topological polar surface area (TPSA) is 58.1 Å². The second-order valence-corrected chi connectivity index (χ2v) is 7.97. The Morgan fingerprint density at radius 1 is 1.14 bits per heavy atom. The second kappa shape index (κ2) is 8.06. The summed E-state index contributed by atoms with van der Waals surface area (Å²) in [4.78, 5) is 24.0. The van der Waals surface area contributed by atoms with Gasteiger partial charge in [-0.1, -0.05) is 18.2 Å². The van der Waals surface area contributed by atoms with E-state index in [1.165, 1.54) is 23.6 Å². The van der Waals surface area contributed by atoms with Crippen LogP contribution >= 0.6 is 11.3 Å². The number of thiazole rings is 1. The van der Waals surface area contributed by atoms with Crippen LogP contribution in [0.3, 0.4) is 0 Å². The van der Waals surface area contributed by atoms with Gasteiger partial charge in [-0.3, -0.25) is 4.79 Å². The summed E-state index contributed by atoms with van der Waals surface area (Å²) < 4.78 is 13.9. The largest absolute Gasteiger partial charge is 0.356 e. The molecule has 2 aromatic heterocycles. The zero-order valence-electron chi connectivity index (χ0n) is 15.6. The van der Waals surface area contributed by atoms with Crippen molar-refractivity contribution in [2.75, 3.05) is 18.0 Å². The number of nitrogens with one attached hydrogen (secondary N) is 1. The van der Waals surface area contributed by atoms with Gasteiger partial charge in [-0.2, -0.15) is 0 Å². The van der Waals surface area contributed by atoms with Crippen LogP contribution in [0.2, 0.25) is 0 Å². The molecule has 3 heterocycles. The Kier molecular flexibility index (Phi) is 5.34. The third-order valence-electron chi connectivity index (χ3n) is 4.88. The summed E-state index contributed by atoms with van der Waals surface area (Å²) >= 11 is 1.21. The molecule has 1 aliphatic heterocycles. The number of halogens is 1. The molecule has 0 radical (unpaired) electrons. The van der Waals surface area contributed by atoms with Gasteiger partial charge in [0.05, 0.1) is 6.20 Å². The lowest BCUT2D eigenvalue weighted by Crippen LogP contribution is -2.44. The molecule has 1 aliphatic rings. The van der Waals surface area contributed by atoms with Crippen LogP contribution in [0.25, 0.3) is 10.6 Å². The number of aromatic nitrogens is 2. The van der Waals surface area contributed by atoms with Crippen LogP contribution in [0.4, 0.5) is 10.2 Å². The molecule has 1 fully saturated rings. The van der Waals surface area contributed by atoms with E-state index in [-0.39, 0.29) is 17.8 Å². The lowest BCUT2D eigenvalue weighted by Gasteiger charge is -2.33. The quantitative estimate of drug-likeness (QED) is 0.723. The Morgan fingerprint density at radius 2 is 1.93 bits per heavy atom. The molecule has 0 saturated carbocycles. The highest BCUT2D eigenvalue weighted by Crippen LogP contribution is 2.27. The number of amides is 1. The minimum absolute atomic E-state index is 0.119. The van der Waals surface area contributed by atoms with Gasteiger partial charge in [0, 0.05) is 30.9 Å². The smallest absolute Gasteiger partial charge is 0.263 e. The first-order valence-electron chi connectivity index (χ1n) is 9.29. The molecule has 144 valence electrons. The minimum atomic E-state index is -0.333. The van der Waals surface area contributed by atoms with Gasteiger partial charge in [0.2, 0.25) is 0 Å². The van der Waals surface area contributed by atoms with Gasteiger partial charge in [0.15, 0.2) is 0 Å². The van der Waals surface area contributed by atoms with Crippen molar-refractivity contribution in [3.05, 3.63) is 65.0 Å². The molecule has 0 aliphatic carbocycles. The maximum atomic E-state index is 13.9. The Hall–Kier alpha value is -2.80. The van der Waals surface area contributed by atoms with Crippen LogP contribution in [0.5, 0.6) is 0 Å². The van der Waals surface area contributed by atoms with Crippen LogP contribution < -0.4 is 10.2 Å². The molecule has 7 heteroatoms. The number of carbonyl (C=O) groups is 1. The average molecular weight is 396 g/mol. The van der Waals surface area contributed by atoms with Crippen LogP contribution in [0.15, 0.2) is 48.8 Å². The van der Waals surface area contributed by atoms with E-state index in [1.54, 1.807) is 18.2 Å². The molecule has 4 rings (SSSR count). The molecule has 28 heavy (non-hydrogen) atoms. The fraction of sp³-hybridized carbons (Fsp3) is 0.286. The van der Waals surface area contributed by atoms with Gasteiger partial charge in [-0.25, -0.2) is 14.4 Å². The summed E-state index contributed by atoms with van der Waals surface area (Å²) in [5.41, 5.74) is 1.57. The van der Waals surface area contributed by atoms with E-state index < -0.39 is 0 Å². The highest BCUT2D eigenvalue weighted by atomic mass is 32.1. The molecule has 0 spiro atoms. The van der Waals surface area contributed by atoms with E-state index in [4.69, 9.17) is 0 Å². The maximum absolute atomic E-state index is 13.9. The standard InChI is InChI=1S/C21H21FN4OS/c1-14-6-7-19(23-12-14)26-10-8-15(9-11-26)25-20(27)18-13-24-21(28-18)16-4-2-3-5-17(16)22/h2-7,12-13,15H,8-11H2,1H3,(H,25,27). The Morgan fingerprint density at radius 3 is 2.64 bits per heavy atom. The number of benzene rings is 1. The van der Waals surface area contributed by atoms with Crippen LogP contribution in [0.1, 0.15) is 28.1 Å². The minimum Gasteiger partial charge on any atom is -0.356 e. The molecule has 3 aromatic rings. The molecule has 1 saturated heterocycles. The fourth-order valence-electron chi connectivity index (χ4n) is 3.29. The third kappa shape index (κ3) is 4.04. The lowest BCUT2D eigenvalue weighted by atomic mass is 10.0. The number of hydrogen-bond acceptors (Lipinski definition) is 5. The van der Waals surface area contributed by atoms with Gasteiger partial charge in [-0.05, 0) is 43.5 Å². The predicted molar refractivity (Wildman–Crippen MR) is 109 cm³/mol. The number of pyridine rings is 1. The number of piperidine rings is 1. The number of aryl methyl sites for hydroxylation is 1. The first-order valence-corrected chi connectivity index (χ1v) is 10.1. The van der Waals surface area contributed by atoms with Crippen molar-refractivity contribution in [1.29, 1.82) is 0 Å². The van der Waals surface area contributed by atoms with Gasteiger partial charge >= 0.3 is 0 Å². The van der Waals surface area contributed by atoms with Crippen LogP contribution in [-0.2, 0) is 0 Å². The van der Waals surface area contributed by atoms with Crippen LogP contribution in [0, 0.1) is 12.7 Å². The summed E-state index contributed by atoms with van der Waals surface area (Å²) in [5.74, 6) is 0.500. The molecule has 0 atom stereocenters. The van der Waals surface area contributed by atoms with Crippen molar-refractivity contribution < 1.29 is 9.18 Å². The molecular formula is C21H21FN4OS. The molecule has 1 aromatic carbocycles. The van der Waals surface area contributed by atoms with Gasteiger partial charge in [-0.15, -0.1) is 11.3 Å². The van der Waals surface area contributed by atoms with Gasteiger partial charge < -0.3 is 10.2 Å². The SMILES string of the molecule is Cc1ccc(N2CCC(NC(=O)c3cnc(-c4ccccc4F)s3)CC2)nc1. The molecule has 0 unspecified atom stereocenters. The summed E-state index contributed by atoms with van der Waals surface area (Å²) in [5, 5.41) is 3.60. The highest BCUT2D eigenvalue weighted by molar-refractivity contribution is 7.16. The Labute approximate surface area is 167 Å². The van der Waals surface area contributed by atoms with Gasteiger partial charge in [0.25, 0.3) is 5.91 Å². The normalized spacial score (nSPS) is 14.9. The highest BCUT2D eigenvalue weighted by Gasteiger charge is 2.23. The molecular weight excluding hydrogens is 375 g/mol. The van der Waals surface area contributed by atoms with E-state index >= 15 is 0 Å². The monoisotopic (exact) mass is 396 g/mol. The first kappa shape index (κ1) is 18.6. The summed E-state index contributed by atoms with van der Waals surface area (Å²) in [6.07, 6.45) is 5.12. The zero-order chi connectivity index (χ0) is 19.5. The number of hydrogen-bond donors (Lipinski definition) is 1. The summed E-state index contributed by atoms with van der Waals surface area (Å²) in [6, 6.07) is 10.7. The van der Waals surface area contributed by atoms with E-state index in [9.17, 15) is 9.18 Å². The maximum Gasteiger partial charge on any atom is 0.263 e. The summed E-state index contributed by atoms with van der Waals surface area (Å²) in [6.45, 7) is 3.73. The Balaban J connectivity index is 1.35. The van der Waals surface area contributed by atoms with Gasteiger partial charge in [0.1, 0.15) is 21.5 Å². The fourth-order valence-corrected chi connectivity index (χ4v) is 4.14. The van der Waals surface area contributed by atoms with E-state index in [2.05, 4.69) is 26.3 Å². The number of rotatable bonds is 4. The summed E-state index contributed by atoms with van der Waals surface area (Å²) in [7, 11) is 0. The van der Waals surface area contributed by atoms with Crippen molar-refractivity contribution in [1.82, 2.24) is 15.3 Å². The predicted octanol–water partition coefficient (Wildman–Crippen LogP) is 4.05. The first-order chi connectivity index (χ1) is 13.6. The zero-order valence-corrected chi connectivity index (χ0v) is 16.4. The Bertz CT molecular complexity index is 965. The van der Waals surface area contributed by atoms with Crippen molar-refractivity contribution in [3.63, 3.8) is 0 Å². The van der Waals surface area contributed by atoms with Crippen molar-refractivity contribution in [3.8, 4) is 10.6 Å². The van der Waals surface area contributed by atoms with E-state index in [0.717, 1.165) is 37.3 Å². The second-order valence-electron chi connectivity index (χ2n) is 6.94. The number of anilines is 1. The third-order valence-corrected chi connectivity index (χ3v) is 5.91.